The van der Waals surface area contributed by atoms with E-state index in [2.05, 4.69) is 34.4 Å². The Morgan fingerprint density at radius 1 is 0.873 bits per heavy atom. The van der Waals surface area contributed by atoms with Crippen LogP contribution in [0.15, 0.2) is 24.8 Å². The molecule has 2 aromatic heterocycles. The van der Waals surface area contributed by atoms with Crippen molar-refractivity contribution < 1.29 is 100 Å². The van der Waals surface area contributed by atoms with Gasteiger partial charge in [-0.15, -0.1) is 0 Å². The normalized spacial score (nSPS) is 24.3. The molecule has 2 amide bonds. The van der Waals surface area contributed by atoms with Crippen molar-refractivity contribution in [2.24, 2.45) is 5.41 Å². The number of aromatic nitrogens is 4. The first-order valence-electron chi connectivity index (χ1n) is 26.6. The molecule has 32 heteroatoms. The maximum atomic E-state index is 12.8. The van der Waals surface area contributed by atoms with Gasteiger partial charge < -0.3 is 70.6 Å². The van der Waals surface area contributed by atoms with Crippen LogP contribution in [0.5, 0.6) is 0 Å². The molecule has 12 N–H and O–H groups in total. The number of hydrogen-bond acceptors (Lipinski definition) is 22. The summed E-state index contributed by atoms with van der Waals surface area (Å²) >= 11 is 1.06. The third-order valence-electron chi connectivity index (χ3n) is 13.0. The lowest BCUT2D eigenvalue weighted by atomic mass is 9.87. The Bertz CT molecular complexity index is 2390. The monoisotopic (exact) mass is 1210 g/mol. The minimum absolute atomic E-state index is 0.00523. The SMILES string of the molecule is C[C@H](CCCCCCCCCCCCCCC/C=C/C(=O)SCCNC(=O)CCNC(=O)[C@H](O)C(C)(C)COP(=O)(O)OP(=O)(O)OC[C@H]1O[C@@H](n2cnc3c(N)ncnc32)[C@H](O)[C@@H]1OP(=O)(O)O)O[C@@H]1O[C@@H](C)[C@H](O)C[C@H]1O. The lowest BCUT2D eigenvalue weighted by molar-refractivity contribution is -0.273. The van der Waals surface area contributed by atoms with Crippen molar-refractivity contribution in [2.45, 2.75) is 198 Å². The summed E-state index contributed by atoms with van der Waals surface area (Å²) in [4.78, 5) is 88.6. The number of phosphoric acid groups is 3. The van der Waals surface area contributed by atoms with E-state index in [1.807, 2.05) is 13.0 Å². The molecule has 2 unspecified atom stereocenters. The number of carbonyl (C=O) groups excluding carboxylic acids is 3. The van der Waals surface area contributed by atoms with Crippen molar-refractivity contribution >= 4 is 69.1 Å². The molecule has 2 aliphatic rings. The smallest absolute Gasteiger partial charge is 0.390 e. The highest BCUT2D eigenvalue weighted by Gasteiger charge is 2.50. The number of fused-ring (bicyclic) bond motifs is 1. The predicted molar refractivity (Wildman–Crippen MR) is 287 cm³/mol. The Balaban J connectivity index is 0.984. The van der Waals surface area contributed by atoms with Gasteiger partial charge in [0.05, 0.1) is 37.9 Å². The molecule has 0 bridgehead atoms. The average Bonchev–Trinajstić information content (AvgIpc) is 4.09. The second-order valence-corrected chi connectivity index (χ2v) is 25.7. The zero-order chi connectivity index (χ0) is 58.4. The van der Waals surface area contributed by atoms with Gasteiger partial charge in [-0.2, -0.15) is 4.31 Å². The number of thioether (sulfide) groups is 1. The molecule has 0 saturated carbocycles. The number of imidazole rings is 1. The number of phosphoric ester groups is 3. The lowest BCUT2D eigenvalue weighted by Crippen LogP contribution is -2.48. The van der Waals surface area contributed by atoms with Crippen molar-refractivity contribution in [1.82, 2.24) is 30.2 Å². The molecule has 0 aromatic carbocycles. The molecule has 2 aliphatic heterocycles. The van der Waals surface area contributed by atoms with Gasteiger partial charge in [0, 0.05) is 37.1 Å². The van der Waals surface area contributed by atoms with Gasteiger partial charge in [0.2, 0.25) is 16.9 Å². The number of allylic oxidation sites excluding steroid dienone is 1. The summed E-state index contributed by atoms with van der Waals surface area (Å²) in [6.07, 6.45) is 11.3. The van der Waals surface area contributed by atoms with Gasteiger partial charge in [-0.3, -0.25) is 32.5 Å². The largest absolute Gasteiger partial charge is 0.481 e. The third kappa shape index (κ3) is 24.9. The van der Waals surface area contributed by atoms with Crippen molar-refractivity contribution in [3.05, 3.63) is 24.8 Å². The zero-order valence-corrected chi connectivity index (χ0v) is 48.6. The molecule has 12 atom stereocenters. The molecular weight excluding hydrogens is 1120 g/mol. The molecule has 0 radical (unpaired) electrons. The minimum Gasteiger partial charge on any atom is -0.390 e. The Hall–Kier alpha value is -2.86. The van der Waals surface area contributed by atoms with Gasteiger partial charge in [0.25, 0.3) is 0 Å². The summed E-state index contributed by atoms with van der Waals surface area (Å²) < 4.78 is 74.0. The Kier molecular flexibility index (Phi) is 29.1. The van der Waals surface area contributed by atoms with Gasteiger partial charge in [0.1, 0.15) is 42.4 Å². The van der Waals surface area contributed by atoms with Crippen LogP contribution >= 0.6 is 35.2 Å². The van der Waals surface area contributed by atoms with E-state index in [-0.39, 0.29) is 60.2 Å². The van der Waals surface area contributed by atoms with E-state index in [0.29, 0.717) is 5.75 Å². The number of amides is 2. The Morgan fingerprint density at radius 2 is 1.49 bits per heavy atom. The molecule has 28 nitrogen and oxygen atoms in total. The number of nitrogens with zero attached hydrogens (tertiary/aromatic N) is 4. The van der Waals surface area contributed by atoms with Gasteiger partial charge in [-0.1, -0.05) is 109 Å². The van der Waals surface area contributed by atoms with Gasteiger partial charge in [0.15, 0.2) is 24.0 Å². The van der Waals surface area contributed by atoms with Crippen LogP contribution in [-0.4, -0.2) is 164 Å². The fourth-order valence-electron chi connectivity index (χ4n) is 8.51. The number of nitrogens with one attached hydrogen (secondary N) is 2. The first-order chi connectivity index (χ1) is 37.2. The lowest BCUT2D eigenvalue weighted by Gasteiger charge is -2.36. The molecule has 2 saturated heterocycles. The van der Waals surface area contributed by atoms with E-state index in [1.165, 1.54) is 71.3 Å². The van der Waals surface area contributed by atoms with Gasteiger partial charge in [-0.05, 0) is 39.2 Å². The summed E-state index contributed by atoms with van der Waals surface area (Å²) in [6, 6.07) is 0. The maximum Gasteiger partial charge on any atom is 0.481 e. The number of aliphatic hydroxyl groups is 4. The number of carbonyl (C=O) groups is 3. The number of nitrogens with two attached hydrogens (primary N) is 1. The Morgan fingerprint density at radius 3 is 2.14 bits per heavy atom. The molecule has 4 heterocycles. The van der Waals surface area contributed by atoms with E-state index in [1.54, 1.807) is 6.92 Å². The standard InChI is InChI=1S/C47H82N7O21P3S/c1-31(71-46-34(56)26-33(55)32(2)72-46)20-18-16-14-12-10-8-6-5-7-9-11-13-15-17-19-21-37(58)79-25-24-49-36(57)22-23-50-44(61)41(60)47(3,4)28-70-78(67,68)75-77(65,66)69-27-35-40(74-76(62,63)64)39(59)45(73-35)54-30-53-38-42(48)51-29-52-43(38)54/h19,21,29-35,39-41,45-46,55-56,59-60H,5-18,20,22-28H2,1-4H3,(H,49,57)(H,50,61)(H,65,66)(H,67,68)(H2,48,51,52)(H2,62,63,64)/b21-19+/t31-,32+,33-,34-,35-,39-,40-,41+,45-,46-/m1/s1. The van der Waals surface area contributed by atoms with Crippen molar-refractivity contribution in [3.8, 4) is 0 Å². The van der Waals surface area contributed by atoms with Crippen molar-refractivity contribution in [1.29, 1.82) is 0 Å². The van der Waals surface area contributed by atoms with Crippen LogP contribution in [0.1, 0.15) is 143 Å². The van der Waals surface area contributed by atoms with Crippen LogP contribution in [0.3, 0.4) is 0 Å². The molecule has 452 valence electrons. The van der Waals surface area contributed by atoms with Crippen LogP contribution in [0.2, 0.25) is 0 Å². The van der Waals surface area contributed by atoms with Crippen molar-refractivity contribution in [2.75, 3.05) is 37.8 Å². The number of ether oxygens (including phenoxy) is 3. The molecule has 4 rings (SSSR count). The summed E-state index contributed by atoms with van der Waals surface area (Å²) in [5.41, 5.74) is 4.27. The minimum atomic E-state index is -5.59. The topological polar surface area (TPSA) is 423 Å². The quantitative estimate of drug-likeness (QED) is 0.0253. The highest BCUT2D eigenvalue weighted by Crippen LogP contribution is 2.61. The highest BCUT2D eigenvalue weighted by molar-refractivity contribution is 8.14. The number of aliphatic hydroxyl groups excluding tert-OH is 4. The zero-order valence-electron chi connectivity index (χ0n) is 45.1. The maximum absolute atomic E-state index is 12.8. The molecule has 2 aromatic rings. The van der Waals surface area contributed by atoms with Crippen LogP contribution in [0, 0.1) is 5.41 Å². The fourth-order valence-corrected chi connectivity index (χ4v) is 11.9. The summed E-state index contributed by atoms with van der Waals surface area (Å²) in [5, 5.41) is 46.4. The van der Waals surface area contributed by atoms with Crippen LogP contribution in [0.25, 0.3) is 11.2 Å². The summed E-state index contributed by atoms with van der Waals surface area (Å²) in [7, 11) is -16.5. The van der Waals surface area contributed by atoms with E-state index in [9.17, 15) is 68.1 Å². The number of nitrogen functional groups attached to an aromatic ring is 1. The molecule has 0 spiro atoms. The average molecular weight is 1210 g/mol. The second-order valence-electron chi connectivity index (χ2n) is 20.3. The highest BCUT2D eigenvalue weighted by atomic mass is 32.2. The van der Waals surface area contributed by atoms with Crippen LogP contribution in [0.4, 0.5) is 5.82 Å². The summed E-state index contributed by atoms with van der Waals surface area (Å²) in [6.45, 7) is 4.25. The van der Waals surface area contributed by atoms with E-state index < -0.39 is 103 Å². The first-order valence-corrected chi connectivity index (χ1v) is 32.1. The number of unbranched alkanes of at least 4 members (excludes halogenated alkanes) is 13. The van der Waals surface area contributed by atoms with E-state index >= 15 is 0 Å². The van der Waals surface area contributed by atoms with Gasteiger partial charge in [-0.25, -0.2) is 28.6 Å². The van der Waals surface area contributed by atoms with Crippen molar-refractivity contribution in [3.63, 3.8) is 0 Å². The number of rotatable bonds is 38. The van der Waals surface area contributed by atoms with E-state index in [0.717, 1.165) is 73.9 Å². The molecular formula is C47H82N7O21P3S. The first kappa shape index (κ1) is 68.6. The molecule has 2 fully saturated rings. The third-order valence-corrected chi connectivity index (χ3v) is 17.0. The number of hydrogen-bond donors (Lipinski definition) is 11. The number of anilines is 1. The predicted octanol–water partition coefficient (Wildman–Crippen LogP) is 4.33. The van der Waals surface area contributed by atoms with Crippen LogP contribution < -0.4 is 16.4 Å². The van der Waals surface area contributed by atoms with Gasteiger partial charge >= 0.3 is 23.5 Å². The Labute approximate surface area is 464 Å². The fraction of sp³-hybridized carbons (Fsp3) is 0.787. The van der Waals surface area contributed by atoms with E-state index in [4.69, 9.17) is 29.0 Å². The molecule has 79 heavy (non-hydrogen) atoms. The summed E-state index contributed by atoms with van der Waals surface area (Å²) in [5.74, 6) is -1.14. The second kappa shape index (κ2) is 33.4. The molecule has 0 aliphatic carbocycles. The van der Waals surface area contributed by atoms with Crippen LogP contribution in [-0.2, 0) is 60.2 Å².